The molecule has 1 fully saturated rings. The zero-order chi connectivity index (χ0) is 43.4. The van der Waals surface area contributed by atoms with Crippen LogP contribution in [0.3, 0.4) is 0 Å². The van der Waals surface area contributed by atoms with E-state index in [0.29, 0.717) is 38.2 Å². The van der Waals surface area contributed by atoms with E-state index in [1.807, 2.05) is 148 Å². The third-order valence-corrected chi connectivity index (χ3v) is 11.5. The number of rotatable bonds is 19. The van der Waals surface area contributed by atoms with Gasteiger partial charge in [-0.2, -0.15) is 0 Å². The summed E-state index contributed by atoms with van der Waals surface area (Å²) >= 11 is 0. The van der Waals surface area contributed by atoms with Gasteiger partial charge in [-0.1, -0.05) is 117 Å². The maximum Gasteiger partial charge on any atom is 0.321 e. The number of fused-ring (bicyclic) bond motifs is 1. The summed E-state index contributed by atoms with van der Waals surface area (Å²) in [5.74, 6) is -0.307. The van der Waals surface area contributed by atoms with E-state index in [2.05, 4.69) is 20.7 Å². The third kappa shape index (κ3) is 11.0. The summed E-state index contributed by atoms with van der Waals surface area (Å²) in [6.07, 6.45) is 3.33. The molecule has 0 radical (unpaired) electrons. The lowest BCUT2D eigenvalue weighted by Gasteiger charge is -2.35. The van der Waals surface area contributed by atoms with E-state index < -0.39 is 24.1 Å². The highest BCUT2D eigenvalue weighted by Gasteiger charge is 2.41. The van der Waals surface area contributed by atoms with Gasteiger partial charge in [-0.05, 0) is 71.8 Å². The molecule has 3 N–H and O–H groups in total. The molecule has 1 saturated heterocycles. The van der Waals surface area contributed by atoms with Crippen molar-refractivity contribution in [3.05, 3.63) is 162 Å². The average Bonchev–Trinajstić information content (AvgIpc) is 3.64. The van der Waals surface area contributed by atoms with Crippen molar-refractivity contribution in [3.63, 3.8) is 0 Å². The number of hydrogen-bond donors (Lipinski definition) is 3. The fourth-order valence-corrected chi connectivity index (χ4v) is 7.96. The van der Waals surface area contributed by atoms with Gasteiger partial charge in [-0.3, -0.25) is 25.0 Å². The lowest BCUT2D eigenvalue weighted by atomic mass is 9.95. The quantitative estimate of drug-likeness (QED) is 0.0745. The Morgan fingerprint density at radius 3 is 2.34 bits per heavy atom. The van der Waals surface area contributed by atoms with Crippen LogP contribution in [0.1, 0.15) is 42.5 Å². The number of pyridine rings is 2. The normalized spacial score (nSPS) is 14.7. The highest BCUT2D eigenvalue weighted by atomic mass is 16.5. The Bertz CT molecular complexity index is 2410. The predicted molar refractivity (Wildman–Crippen MR) is 240 cm³/mol. The molecule has 12 heteroatoms. The molecule has 1 aliphatic rings. The highest BCUT2D eigenvalue weighted by Crippen LogP contribution is 2.26. The molecular formula is C50H55N7O5. The number of ether oxygens (including phenoxy) is 1. The Balaban J connectivity index is 1.10. The van der Waals surface area contributed by atoms with Crippen molar-refractivity contribution < 1.29 is 24.2 Å². The molecule has 320 valence electrons. The van der Waals surface area contributed by atoms with E-state index >= 15 is 0 Å². The maximum atomic E-state index is 14.6. The molecular weight excluding hydrogens is 779 g/mol. The van der Waals surface area contributed by atoms with Crippen LogP contribution in [0.4, 0.5) is 4.79 Å². The van der Waals surface area contributed by atoms with Crippen molar-refractivity contribution in [3.8, 4) is 17.0 Å². The first-order chi connectivity index (χ1) is 30.2. The molecule has 0 aliphatic carbocycles. The molecule has 0 unspecified atom stereocenters. The van der Waals surface area contributed by atoms with Gasteiger partial charge in [0.05, 0.1) is 23.4 Å². The van der Waals surface area contributed by atoms with Gasteiger partial charge in [0, 0.05) is 56.1 Å². The van der Waals surface area contributed by atoms with E-state index in [-0.39, 0.29) is 37.6 Å². The first-order valence-corrected chi connectivity index (χ1v) is 21.3. The van der Waals surface area contributed by atoms with Crippen LogP contribution < -0.4 is 15.5 Å². The largest absolute Gasteiger partial charge is 0.483 e. The summed E-state index contributed by atoms with van der Waals surface area (Å²) in [6, 6.07) is 38.8. The minimum absolute atomic E-state index is 0.0276. The van der Waals surface area contributed by atoms with Crippen LogP contribution in [0.2, 0.25) is 0 Å². The van der Waals surface area contributed by atoms with Crippen LogP contribution in [0.25, 0.3) is 22.2 Å². The first kappa shape index (κ1) is 43.5. The van der Waals surface area contributed by atoms with E-state index in [1.165, 1.54) is 0 Å². The fraction of sp³-hybridized carbons (Fsp3) is 0.300. The van der Waals surface area contributed by atoms with Gasteiger partial charge >= 0.3 is 6.03 Å². The summed E-state index contributed by atoms with van der Waals surface area (Å²) in [5, 5.41) is 18.0. The van der Waals surface area contributed by atoms with Crippen LogP contribution >= 0.6 is 0 Å². The molecule has 3 heterocycles. The fourth-order valence-electron chi connectivity index (χ4n) is 7.96. The smallest absolute Gasteiger partial charge is 0.321 e. The number of aryl methyl sites for hydroxylation is 1. The second-order valence-corrected chi connectivity index (χ2v) is 16.0. The van der Waals surface area contributed by atoms with Crippen LogP contribution in [-0.2, 0) is 29.1 Å². The number of urea groups is 1. The topological polar surface area (TPSA) is 140 Å². The minimum Gasteiger partial charge on any atom is -0.483 e. The minimum atomic E-state index is -1.15. The molecule has 4 aromatic carbocycles. The second-order valence-electron chi connectivity index (χ2n) is 16.0. The zero-order valence-corrected chi connectivity index (χ0v) is 35.6. The van der Waals surface area contributed by atoms with Crippen molar-refractivity contribution in [2.45, 2.75) is 64.9 Å². The highest BCUT2D eigenvalue weighted by molar-refractivity contribution is 5.89. The Morgan fingerprint density at radius 2 is 1.58 bits per heavy atom. The molecule has 12 nitrogen and oxygen atoms in total. The molecule has 2 aromatic heterocycles. The summed E-state index contributed by atoms with van der Waals surface area (Å²) in [7, 11) is 0. The second kappa shape index (κ2) is 20.8. The lowest BCUT2D eigenvalue weighted by molar-refractivity contribution is -0.131. The van der Waals surface area contributed by atoms with Gasteiger partial charge in [-0.15, -0.1) is 0 Å². The van der Waals surface area contributed by atoms with Crippen LogP contribution in [-0.4, -0.2) is 92.2 Å². The standard InChI is InChI=1S/C50H55N7O5/c1-4-35(2)48(57-29-28-55(50(57)61)32-40-25-27-52-43-19-10-9-17-41(40)43)49(60)53-44(30-37-15-6-5-7-16-37)45(58)33-56(54-47(59)34-62-46-20-11-8-14-36(46)3)31-38-21-23-39(24-22-38)42-18-12-13-26-51-42/h5-27,35,44-45,48,58H,4,28-34H2,1-3H3,(H,53,60)(H,54,59)/t35-,44-,45-,48-/m0/s1. The van der Waals surface area contributed by atoms with Gasteiger partial charge in [0.1, 0.15) is 11.8 Å². The van der Waals surface area contributed by atoms with Crippen LogP contribution in [0.15, 0.2) is 140 Å². The summed E-state index contributed by atoms with van der Waals surface area (Å²) < 4.78 is 5.87. The van der Waals surface area contributed by atoms with Gasteiger partial charge in [0.25, 0.3) is 5.91 Å². The number of hydrogen-bond acceptors (Lipinski definition) is 8. The molecule has 0 spiro atoms. The van der Waals surface area contributed by atoms with Gasteiger partial charge in [-0.25, -0.2) is 9.80 Å². The van der Waals surface area contributed by atoms with Gasteiger partial charge in [0.15, 0.2) is 6.61 Å². The Hall–Kier alpha value is -6.63. The zero-order valence-electron chi connectivity index (χ0n) is 35.6. The SMILES string of the molecule is CC[C@H](C)[C@@H](C(=O)N[C@@H](Cc1ccccc1)[C@@H](O)CN(Cc1ccc(-c2ccccn2)cc1)NC(=O)COc1ccccc1C)N1CCN(Cc2ccnc3ccccc23)C1=O. The number of aliphatic hydroxyl groups excluding tert-OH is 1. The van der Waals surface area contributed by atoms with E-state index in [9.17, 15) is 19.5 Å². The number of aromatic nitrogens is 2. The molecule has 0 bridgehead atoms. The molecule has 62 heavy (non-hydrogen) atoms. The van der Waals surface area contributed by atoms with Crippen molar-refractivity contribution in [1.29, 1.82) is 0 Å². The van der Waals surface area contributed by atoms with Crippen molar-refractivity contribution >= 4 is 28.7 Å². The predicted octanol–water partition coefficient (Wildman–Crippen LogP) is 6.96. The van der Waals surface area contributed by atoms with Crippen molar-refractivity contribution in [2.75, 3.05) is 26.2 Å². The molecule has 6 aromatic rings. The first-order valence-electron chi connectivity index (χ1n) is 21.3. The Labute approximate surface area is 363 Å². The van der Waals surface area contributed by atoms with E-state index in [1.54, 1.807) is 27.2 Å². The van der Waals surface area contributed by atoms with Crippen LogP contribution in [0, 0.1) is 12.8 Å². The molecule has 7 rings (SSSR count). The van der Waals surface area contributed by atoms with E-state index in [4.69, 9.17) is 4.74 Å². The van der Waals surface area contributed by atoms with Crippen molar-refractivity contribution in [2.24, 2.45) is 5.92 Å². The number of nitrogens with zero attached hydrogens (tertiary/aromatic N) is 5. The number of carbonyl (C=O) groups is 3. The summed E-state index contributed by atoms with van der Waals surface area (Å²) in [6.45, 7) is 7.14. The summed E-state index contributed by atoms with van der Waals surface area (Å²) in [5.41, 5.74) is 9.31. The monoisotopic (exact) mass is 833 g/mol. The lowest BCUT2D eigenvalue weighted by Crippen LogP contribution is -2.58. The van der Waals surface area contributed by atoms with E-state index in [0.717, 1.165) is 44.4 Å². The Kier molecular flexibility index (Phi) is 14.6. The number of amides is 4. The molecule has 4 atom stereocenters. The van der Waals surface area contributed by atoms with Crippen molar-refractivity contribution in [1.82, 2.24) is 35.5 Å². The third-order valence-electron chi connectivity index (χ3n) is 11.5. The van der Waals surface area contributed by atoms with Crippen LogP contribution in [0.5, 0.6) is 5.75 Å². The number of nitrogens with one attached hydrogen (secondary N) is 2. The number of carbonyl (C=O) groups excluding carboxylic acids is 3. The number of hydrazine groups is 1. The van der Waals surface area contributed by atoms with Gasteiger partial charge < -0.3 is 25.0 Å². The number of benzene rings is 4. The van der Waals surface area contributed by atoms with Gasteiger partial charge in [0.2, 0.25) is 5.91 Å². The molecule has 1 aliphatic heterocycles. The summed E-state index contributed by atoms with van der Waals surface area (Å²) in [4.78, 5) is 54.7. The number of aliphatic hydroxyl groups is 1. The molecule has 4 amide bonds. The average molecular weight is 834 g/mol. The number of para-hydroxylation sites is 2. The molecule has 0 saturated carbocycles. The maximum absolute atomic E-state index is 14.6. The Morgan fingerprint density at radius 1 is 0.839 bits per heavy atom.